The topological polar surface area (TPSA) is 94.8 Å². The van der Waals surface area contributed by atoms with E-state index in [-0.39, 0.29) is 31.0 Å². The number of hydrogen-bond acceptors (Lipinski definition) is 5. The number of Topliss-reactive ketones (excluding diaryl/α,β-unsaturated/α-hetero) is 1. The third kappa shape index (κ3) is 2.10. The average molecular weight is 380 g/mol. The quantitative estimate of drug-likeness (QED) is 0.680. The summed E-state index contributed by atoms with van der Waals surface area (Å²) in [6.45, 7) is 2.83. The summed E-state index contributed by atoms with van der Waals surface area (Å²) in [5.74, 6) is -1.36. The maximum absolute atomic E-state index is 16.8. The maximum atomic E-state index is 16.8. The molecule has 3 fully saturated rings. The highest BCUT2D eigenvalue weighted by Gasteiger charge is 2.74. The normalized spacial score (nSPS) is 51.9. The van der Waals surface area contributed by atoms with E-state index in [0.29, 0.717) is 25.7 Å². The van der Waals surface area contributed by atoms with Gasteiger partial charge in [0.1, 0.15) is 17.9 Å². The maximum Gasteiger partial charge on any atom is 0.190 e. The first-order valence-corrected chi connectivity index (χ1v) is 10.0. The molecule has 4 rings (SSSR count). The molecular weight excluding hydrogens is 351 g/mol. The van der Waals surface area contributed by atoms with Crippen LogP contribution in [0.5, 0.6) is 0 Å². The minimum atomic E-state index is -1.88. The van der Waals surface area contributed by atoms with Crippen molar-refractivity contribution in [3.05, 3.63) is 11.6 Å². The number of fused-ring (bicyclic) bond motifs is 5. The van der Waals surface area contributed by atoms with Crippen molar-refractivity contribution in [1.29, 1.82) is 0 Å². The van der Waals surface area contributed by atoms with Crippen LogP contribution in [-0.4, -0.2) is 50.9 Å². The highest BCUT2D eigenvalue weighted by molar-refractivity contribution is 5.92. The molecule has 0 bridgehead atoms. The van der Waals surface area contributed by atoms with Gasteiger partial charge in [0.15, 0.2) is 11.6 Å². The summed E-state index contributed by atoms with van der Waals surface area (Å²) in [5.41, 5.74) is -4.68. The Labute approximate surface area is 158 Å². The van der Waals surface area contributed by atoms with Crippen LogP contribution in [0.2, 0.25) is 0 Å². The monoisotopic (exact) mass is 380 g/mol. The molecule has 5 nitrogen and oxygen atoms in total. The first-order chi connectivity index (χ1) is 12.5. The molecule has 0 aliphatic heterocycles. The van der Waals surface area contributed by atoms with Gasteiger partial charge in [-0.1, -0.05) is 19.4 Å². The molecule has 0 amide bonds. The molecule has 0 aromatic heterocycles. The highest BCUT2D eigenvalue weighted by atomic mass is 19.1. The summed E-state index contributed by atoms with van der Waals surface area (Å²) in [5, 5.41) is 31.5. The van der Waals surface area contributed by atoms with Crippen molar-refractivity contribution < 1.29 is 29.3 Å². The van der Waals surface area contributed by atoms with Crippen molar-refractivity contribution in [2.45, 2.75) is 76.2 Å². The molecule has 0 aromatic carbocycles. The van der Waals surface area contributed by atoms with Gasteiger partial charge in [0.05, 0.1) is 6.10 Å². The molecule has 2 unspecified atom stereocenters. The fourth-order valence-corrected chi connectivity index (χ4v) is 7.16. The van der Waals surface area contributed by atoms with E-state index in [1.165, 1.54) is 0 Å². The summed E-state index contributed by atoms with van der Waals surface area (Å²) < 4.78 is 16.8. The van der Waals surface area contributed by atoms with Gasteiger partial charge in [-0.25, -0.2) is 4.39 Å². The van der Waals surface area contributed by atoms with Gasteiger partial charge in [-0.15, -0.1) is 0 Å². The summed E-state index contributed by atoms with van der Waals surface area (Å²) >= 11 is 0. The van der Waals surface area contributed by atoms with Crippen molar-refractivity contribution in [3.8, 4) is 0 Å². The van der Waals surface area contributed by atoms with Gasteiger partial charge < -0.3 is 15.3 Å². The van der Waals surface area contributed by atoms with Crippen LogP contribution in [0.1, 0.15) is 58.8 Å². The molecule has 27 heavy (non-hydrogen) atoms. The number of carbonyl (C=O) groups excluding carboxylic acids is 2. The second-order valence-electron chi connectivity index (χ2n) is 9.61. The van der Waals surface area contributed by atoms with Crippen LogP contribution in [0.3, 0.4) is 0 Å². The average Bonchev–Trinajstić information content (AvgIpc) is 2.88. The van der Waals surface area contributed by atoms with Crippen LogP contribution >= 0.6 is 0 Å². The lowest BCUT2D eigenvalue weighted by atomic mass is 9.44. The van der Waals surface area contributed by atoms with Gasteiger partial charge in [-0.3, -0.25) is 9.59 Å². The zero-order valence-corrected chi connectivity index (χ0v) is 16.0. The lowest BCUT2D eigenvalue weighted by Gasteiger charge is -2.63. The molecule has 0 heterocycles. The molecule has 4 aliphatic rings. The minimum Gasteiger partial charge on any atom is -0.390 e. The van der Waals surface area contributed by atoms with Crippen molar-refractivity contribution in [2.75, 3.05) is 6.61 Å². The standard InChI is InChI=1S/C21H29FO5/c1-18-7-5-13(24)9-12(18)3-4-15-14-6-8-20(27,17(26)11-23)19(14,2)10-16(25)21(15,18)22/h9,14-16,23,25,27H,3-8,10-11H2,1-2H3/t14?,15?,16-,18-,19-,20-,21-/m0/s1. The van der Waals surface area contributed by atoms with E-state index in [1.807, 2.05) is 6.92 Å². The molecule has 4 aliphatic carbocycles. The molecule has 7 atom stereocenters. The molecule has 0 aromatic rings. The van der Waals surface area contributed by atoms with Crippen LogP contribution in [0, 0.1) is 22.7 Å². The zero-order chi connectivity index (χ0) is 19.8. The van der Waals surface area contributed by atoms with E-state index in [4.69, 9.17) is 0 Å². The second-order valence-corrected chi connectivity index (χ2v) is 9.61. The number of rotatable bonds is 2. The number of hydrogen-bond donors (Lipinski definition) is 3. The van der Waals surface area contributed by atoms with E-state index in [1.54, 1.807) is 13.0 Å². The van der Waals surface area contributed by atoms with Crippen molar-refractivity contribution in [1.82, 2.24) is 0 Å². The number of ketones is 2. The molecule has 3 N–H and O–H groups in total. The van der Waals surface area contributed by atoms with Crippen molar-refractivity contribution >= 4 is 11.6 Å². The zero-order valence-electron chi connectivity index (χ0n) is 16.0. The summed E-state index contributed by atoms with van der Waals surface area (Å²) in [4.78, 5) is 24.2. The van der Waals surface area contributed by atoms with Gasteiger partial charge in [-0.2, -0.15) is 0 Å². The second kappa shape index (κ2) is 5.71. The van der Waals surface area contributed by atoms with E-state index in [9.17, 15) is 24.9 Å². The number of carbonyl (C=O) groups is 2. The number of halogens is 1. The fourth-order valence-electron chi connectivity index (χ4n) is 7.16. The lowest BCUT2D eigenvalue weighted by molar-refractivity contribution is -0.226. The molecule has 3 saturated carbocycles. The third-order valence-electron chi connectivity index (χ3n) is 8.80. The summed E-state index contributed by atoms with van der Waals surface area (Å²) in [7, 11) is 0. The van der Waals surface area contributed by atoms with Crippen molar-refractivity contribution in [3.63, 3.8) is 0 Å². The van der Waals surface area contributed by atoms with Crippen LogP contribution in [0.25, 0.3) is 0 Å². The van der Waals surface area contributed by atoms with Gasteiger partial charge in [0.25, 0.3) is 0 Å². The van der Waals surface area contributed by atoms with Crippen LogP contribution in [0.4, 0.5) is 4.39 Å². The highest BCUT2D eigenvalue weighted by Crippen LogP contribution is 2.70. The first kappa shape index (κ1) is 19.2. The molecule has 6 heteroatoms. The molecular formula is C21H29FO5. The largest absolute Gasteiger partial charge is 0.390 e. The number of aliphatic hydroxyl groups excluding tert-OH is 2. The van der Waals surface area contributed by atoms with E-state index < -0.39 is 46.5 Å². The third-order valence-corrected chi connectivity index (χ3v) is 8.80. The molecule has 0 radical (unpaired) electrons. The van der Waals surface area contributed by atoms with Gasteiger partial charge in [0.2, 0.25) is 0 Å². The predicted molar refractivity (Wildman–Crippen MR) is 95.5 cm³/mol. The Kier molecular flexibility index (Phi) is 4.06. The summed E-state index contributed by atoms with van der Waals surface area (Å²) in [6.07, 6.45) is 2.65. The van der Waals surface area contributed by atoms with E-state index >= 15 is 4.39 Å². The van der Waals surface area contributed by atoms with Gasteiger partial charge in [-0.05, 0) is 50.5 Å². The fraction of sp³-hybridized carbons (Fsp3) is 0.810. The van der Waals surface area contributed by atoms with E-state index in [2.05, 4.69) is 0 Å². The van der Waals surface area contributed by atoms with Crippen LogP contribution in [0.15, 0.2) is 11.6 Å². The molecule has 150 valence electrons. The van der Waals surface area contributed by atoms with Crippen molar-refractivity contribution in [2.24, 2.45) is 22.7 Å². The minimum absolute atomic E-state index is 0.0171. The smallest absolute Gasteiger partial charge is 0.190 e. The first-order valence-electron chi connectivity index (χ1n) is 10.0. The Balaban J connectivity index is 1.80. The number of alkyl halides is 1. The molecule has 0 saturated heterocycles. The Morgan fingerprint density at radius 2 is 1.93 bits per heavy atom. The van der Waals surface area contributed by atoms with Crippen LogP contribution < -0.4 is 0 Å². The Morgan fingerprint density at radius 1 is 1.22 bits per heavy atom. The molecule has 0 spiro atoms. The van der Waals surface area contributed by atoms with Gasteiger partial charge >= 0.3 is 0 Å². The SMILES string of the molecule is C[C@]12CCC(=O)C=C1CCC1C3CC[C@](O)(C(=O)CO)[C@@]3(C)C[C@H](O)[C@@]12F. The number of allylic oxidation sites excluding steroid dienone is 1. The van der Waals surface area contributed by atoms with Gasteiger partial charge in [0, 0.05) is 23.2 Å². The lowest BCUT2D eigenvalue weighted by Crippen LogP contribution is -2.69. The number of aliphatic hydroxyl groups is 3. The predicted octanol–water partition coefficient (Wildman–Crippen LogP) is 1.87. The van der Waals surface area contributed by atoms with Crippen LogP contribution in [-0.2, 0) is 9.59 Å². The Bertz CT molecular complexity index is 734. The Morgan fingerprint density at radius 3 is 2.59 bits per heavy atom. The summed E-state index contributed by atoms with van der Waals surface area (Å²) in [6, 6.07) is 0. The van der Waals surface area contributed by atoms with E-state index in [0.717, 1.165) is 5.57 Å². The Hall–Kier alpha value is -1.11.